The van der Waals surface area contributed by atoms with Crippen LogP contribution in [0.1, 0.15) is 12.5 Å². The molecule has 1 atom stereocenters. The van der Waals surface area contributed by atoms with Gasteiger partial charge in [0.1, 0.15) is 11.6 Å². The molecule has 2 aromatic carbocycles. The topological polar surface area (TPSA) is 44.8 Å². The van der Waals surface area contributed by atoms with Gasteiger partial charge in [-0.3, -0.25) is 9.69 Å². The van der Waals surface area contributed by atoms with Crippen molar-refractivity contribution in [2.75, 3.05) is 44.7 Å². The summed E-state index contributed by atoms with van der Waals surface area (Å²) in [6, 6.07) is 14.5. The van der Waals surface area contributed by atoms with E-state index in [0.29, 0.717) is 25.3 Å². The zero-order chi connectivity index (χ0) is 19.9. The van der Waals surface area contributed by atoms with Crippen LogP contribution in [0.2, 0.25) is 0 Å². The number of methoxy groups -OCH3 is 1. The quantitative estimate of drug-likeness (QED) is 0.796. The Morgan fingerprint density at radius 1 is 1.11 bits per heavy atom. The first kappa shape index (κ1) is 20.1. The van der Waals surface area contributed by atoms with Gasteiger partial charge in [-0.25, -0.2) is 4.39 Å². The molecule has 1 N–H and O–H groups in total. The maximum Gasteiger partial charge on any atom is 0.237 e. The van der Waals surface area contributed by atoms with E-state index in [1.807, 2.05) is 42.2 Å². The van der Waals surface area contributed by atoms with Crippen LogP contribution >= 0.6 is 0 Å². The number of hydrogen-bond donors (Lipinski definition) is 1. The molecule has 28 heavy (non-hydrogen) atoms. The Hall–Kier alpha value is -2.60. The lowest BCUT2D eigenvalue weighted by molar-refractivity contribution is -0.125. The lowest BCUT2D eigenvalue weighted by atomic mass is 10.1. The van der Waals surface area contributed by atoms with Gasteiger partial charge in [-0.2, -0.15) is 0 Å². The number of ether oxygens (including phenoxy) is 1. The first-order valence-electron chi connectivity index (χ1n) is 9.72. The number of amides is 1. The standard InChI is InChI=1S/C22H28FN3O2/c1-17(22(27)24-12-11-18-7-9-19(28-2)10-8-18)25-13-15-26(16-14-25)21-6-4-3-5-20(21)23/h3-10,17H,11-16H2,1-2H3,(H,24,27). The van der Waals surface area contributed by atoms with Gasteiger partial charge in [0.25, 0.3) is 0 Å². The van der Waals surface area contributed by atoms with Gasteiger partial charge in [-0.1, -0.05) is 24.3 Å². The van der Waals surface area contributed by atoms with Gasteiger partial charge in [0.05, 0.1) is 18.8 Å². The minimum Gasteiger partial charge on any atom is -0.497 e. The van der Waals surface area contributed by atoms with Crippen LogP contribution in [0.4, 0.5) is 10.1 Å². The van der Waals surface area contributed by atoms with Gasteiger partial charge in [-0.05, 0) is 43.2 Å². The van der Waals surface area contributed by atoms with Crippen molar-refractivity contribution in [3.05, 3.63) is 59.9 Å². The zero-order valence-electron chi connectivity index (χ0n) is 16.5. The highest BCUT2D eigenvalue weighted by Crippen LogP contribution is 2.20. The molecule has 0 saturated carbocycles. The van der Waals surface area contributed by atoms with E-state index in [9.17, 15) is 9.18 Å². The van der Waals surface area contributed by atoms with E-state index in [1.54, 1.807) is 19.2 Å². The average Bonchev–Trinajstić information content (AvgIpc) is 2.74. The lowest BCUT2D eigenvalue weighted by Crippen LogP contribution is -2.54. The summed E-state index contributed by atoms with van der Waals surface area (Å²) in [5.74, 6) is 0.670. The molecule has 0 spiro atoms. The Morgan fingerprint density at radius 3 is 2.43 bits per heavy atom. The normalized spacial score (nSPS) is 15.9. The molecule has 6 heteroatoms. The summed E-state index contributed by atoms with van der Waals surface area (Å²) in [5.41, 5.74) is 1.80. The van der Waals surface area contributed by atoms with Crippen molar-refractivity contribution in [3.8, 4) is 5.75 Å². The molecule has 3 rings (SSSR count). The molecule has 1 amide bonds. The summed E-state index contributed by atoms with van der Waals surface area (Å²) in [4.78, 5) is 16.7. The molecule has 0 aliphatic carbocycles. The molecule has 1 unspecified atom stereocenters. The summed E-state index contributed by atoms with van der Waals surface area (Å²) in [6.45, 7) is 5.43. The number of nitrogens with zero attached hydrogens (tertiary/aromatic N) is 2. The van der Waals surface area contributed by atoms with E-state index in [-0.39, 0.29) is 17.8 Å². The molecule has 5 nitrogen and oxygen atoms in total. The number of nitrogens with one attached hydrogen (secondary N) is 1. The van der Waals surface area contributed by atoms with E-state index >= 15 is 0 Å². The maximum absolute atomic E-state index is 14.0. The SMILES string of the molecule is COc1ccc(CCNC(=O)C(C)N2CCN(c3ccccc3F)CC2)cc1. The third-order valence-electron chi connectivity index (χ3n) is 5.31. The molecule has 1 aliphatic heterocycles. The highest BCUT2D eigenvalue weighted by atomic mass is 19.1. The van der Waals surface area contributed by atoms with Crippen LogP contribution in [-0.4, -0.2) is 56.7 Å². The predicted molar refractivity (Wildman–Crippen MR) is 109 cm³/mol. The summed E-state index contributed by atoms with van der Waals surface area (Å²) < 4.78 is 19.1. The maximum atomic E-state index is 14.0. The highest BCUT2D eigenvalue weighted by molar-refractivity contribution is 5.81. The molecule has 1 heterocycles. The van der Waals surface area contributed by atoms with Crippen LogP contribution in [0.25, 0.3) is 0 Å². The lowest BCUT2D eigenvalue weighted by Gasteiger charge is -2.38. The van der Waals surface area contributed by atoms with Crippen molar-refractivity contribution in [1.82, 2.24) is 10.2 Å². The van der Waals surface area contributed by atoms with Crippen LogP contribution in [0.3, 0.4) is 0 Å². The van der Waals surface area contributed by atoms with Crippen LogP contribution < -0.4 is 15.0 Å². The van der Waals surface area contributed by atoms with Gasteiger partial charge < -0.3 is 15.0 Å². The minimum atomic E-state index is -0.196. The fraction of sp³-hybridized carbons (Fsp3) is 0.409. The zero-order valence-corrected chi connectivity index (χ0v) is 16.5. The van der Waals surface area contributed by atoms with E-state index in [1.165, 1.54) is 6.07 Å². The number of benzene rings is 2. The van der Waals surface area contributed by atoms with Crippen LogP contribution in [0, 0.1) is 5.82 Å². The van der Waals surface area contributed by atoms with Crippen molar-refractivity contribution >= 4 is 11.6 Å². The number of hydrogen-bond acceptors (Lipinski definition) is 4. The summed E-state index contributed by atoms with van der Waals surface area (Å²) >= 11 is 0. The fourth-order valence-electron chi connectivity index (χ4n) is 3.49. The van der Waals surface area contributed by atoms with Crippen molar-refractivity contribution in [2.24, 2.45) is 0 Å². The fourth-order valence-corrected chi connectivity index (χ4v) is 3.49. The molecule has 2 aromatic rings. The largest absolute Gasteiger partial charge is 0.497 e. The predicted octanol–water partition coefficient (Wildman–Crippen LogP) is 2.70. The molecule has 1 fully saturated rings. The first-order valence-corrected chi connectivity index (χ1v) is 9.72. The number of anilines is 1. The monoisotopic (exact) mass is 385 g/mol. The van der Waals surface area contributed by atoms with Gasteiger partial charge in [-0.15, -0.1) is 0 Å². The number of para-hydroxylation sites is 1. The average molecular weight is 385 g/mol. The minimum absolute atomic E-state index is 0.0350. The molecule has 150 valence electrons. The van der Waals surface area contributed by atoms with E-state index in [2.05, 4.69) is 10.2 Å². The third-order valence-corrected chi connectivity index (χ3v) is 5.31. The van der Waals surface area contributed by atoms with Crippen LogP contribution in [0.15, 0.2) is 48.5 Å². The second kappa shape index (κ2) is 9.55. The number of piperazine rings is 1. The van der Waals surface area contributed by atoms with Gasteiger partial charge in [0.15, 0.2) is 0 Å². The second-order valence-corrected chi connectivity index (χ2v) is 7.04. The van der Waals surface area contributed by atoms with Crippen molar-refractivity contribution in [3.63, 3.8) is 0 Å². The third kappa shape index (κ3) is 5.01. The molecule has 1 saturated heterocycles. The molecule has 0 aromatic heterocycles. The van der Waals surface area contributed by atoms with Gasteiger partial charge in [0, 0.05) is 32.7 Å². The summed E-state index contributed by atoms with van der Waals surface area (Å²) in [5, 5.41) is 3.02. The van der Waals surface area contributed by atoms with Gasteiger partial charge >= 0.3 is 0 Å². The number of carbonyl (C=O) groups is 1. The van der Waals surface area contributed by atoms with Crippen molar-refractivity contribution in [2.45, 2.75) is 19.4 Å². The Morgan fingerprint density at radius 2 is 1.79 bits per heavy atom. The van der Waals surface area contributed by atoms with Gasteiger partial charge in [0.2, 0.25) is 5.91 Å². The molecule has 0 radical (unpaired) electrons. The first-order chi connectivity index (χ1) is 13.6. The number of rotatable bonds is 7. The molecule has 0 bridgehead atoms. The Labute approximate surface area is 166 Å². The molecular formula is C22H28FN3O2. The molecule has 1 aliphatic rings. The van der Waals surface area contributed by atoms with Crippen molar-refractivity contribution in [1.29, 1.82) is 0 Å². The Kier molecular flexibility index (Phi) is 6.87. The summed E-state index contributed by atoms with van der Waals surface area (Å²) in [6.07, 6.45) is 0.781. The Bertz CT molecular complexity index is 774. The highest BCUT2D eigenvalue weighted by Gasteiger charge is 2.26. The molecular weight excluding hydrogens is 357 g/mol. The second-order valence-electron chi connectivity index (χ2n) is 7.04. The number of halogens is 1. The van der Waals surface area contributed by atoms with Crippen LogP contribution in [-0.2, 0) is 11.2 Å². The van der Waals surface area contributed by atoms with E-state index in [0.717, 1.165) is 30.8 Å². The number of carbonyl (C=O) groups excluding carboxylic acids is 1. The van der Waals surface area contributed by atoms with E-state index < -0.39 is 0 Å². The van der Waals surface area contributed by atoms with Crippen molar-refractivity contribution < 1.29 is 13.9 Å². The van der Waals surface area contributed by atoms with E-state index in [4.69, 9.17) is 4.74 Å². The summed E-state index contributed by atoms with van der Waals surface area (Å²) in [7, 11) is 1.65. The van der Waals surface area contributed by atoms with Crippen LogP contribution in [0.5, 0.6) is 5.75 Å². The smallest absolute Gasteiger partial charge is 0.237 e. The Balaban J connectivity index is 1.43.